The predicted octanol–water partition coefficient (Wildman–Crippen LogP) is 1.55. The molecule has 4 rings (SSSR count). The van der Waals surface area contributed by atoms with Crippen molar-refractivity contribution in [3.8, 4) is 0 Å². The standard InChI is InChI=1S/C16H20N4O3/c21-10-12-8-19(18-17-12)9-13-2-1-6-20(13)16(22)14-5-7-23-15(14)11-3-4-11/h5,7-8,11,13,21H,1-4,6,9-10H2/t13-/m0/s1. The van der Waals surface area contributed by atoms with Crippen molar-refractivity contribution in [2.75, 3.05) is 6.54 Å². The second kappa shape index (κ2) is 5.81. The number of rotatable bonds is 5. The molecule has 1 saturated heterocycles. The van der Waals surface area contributed by atoms with Crippen LogP contribution < -0.4 is 0 Å². The normalized spacial score (nSPS) is 21.1. The zero-order chi connectivity index (χ0) is 15.8. The van der Waals surface area contributed by atoms with Gasteiger partial charge in [0.1, 0.15) is 11.5 Å². The van der Waals surface area contributed by atoms with Gasteiger partial charge in [-0.2, -0.15) is 0 Å². The summed E-state index contributed by atoms with van der Waals surface area (Å²) < 4.78 is 7.25. The first-order chi connectivity index (χ1) is 11.3. The first-order valence-electron chi connectivity index (χ1n) is 8.14. The average Bonchev–Trinajstić information content (AvgIpc) is 2.98. The van der Waals surface area contributed by atoms with Gasteiger partial charge in [-0.15, -0.1) is 5.10 Å². The molecule has 1 amide bonds. The van der Waals surface area contributed by atoms with E-state index >= 15 is 0 Å². The maximum atomic E-state index is 12.9. The Morgan fingerprint density at radius 2 is 2.26 bits per heavy atom. The number of hydrogen-bond donors (Lipinski definition) is 1. The molecule has 1 aliphatic heterocycles. The van der Waals surface area contributed by atoms with Crippen LogP contribution in [-0.2, 0) is 13.2 Å². The monoisotopic (exact) mass is 316 g/mol. The van der Waals surface area contributed by atoms with Crippen molar-refractivity contribution in [2.45, 2.75) is 50.8 Å². The molecule has 0 bridgehead atoms. The molecule has 122 valence electrons. The SMILES string of the molecule is O=C(c1ccoc1C1CC1)N1CCC[C@H]1Cn1cc(CO)nn1. The zero-order valence-electron chi connectivity index (χ0n) is 12.9. The lowest BCUT2D eigenvalue weighted by Crippen LogP contribution is -2.38. The fourth-order valence-electron chi connectivity index (χ4n) is 3.32. The lowest BCUT2D eigenvalue weighted by atomic mass is 10.1. The Labute approximate surface area is 133 Å². The molecule has 2 aromatic rings. The van der Waals surface area contributed by atoms with E-state index in [1.165, 1.54) is 0 Å². The molecule has 3 heterocycles. The third-order valence-electron chi connectivity index (χ3n) is 4.66. The van der Waals surface area contributed by atoms with E-state index in [0.717, 1.165) is 38.0 Å². The summed E-state index contributed by atoms with van der Waals surface area (Å²) in [6, 6.07) is 1.91. The third kappa shape index (κ3) is 2.76. The Morgan fingerprint density at radius 1 is 1.39 bits per heavy atom. The molecule has 0 unspecified atom stereocenters. The van der Waals surface area contributed by atoms with Crippen LogP contribution in [0.2, 0.25) is 0 Å². The highest BCUT2D eigenvalue weighted by molar-refractivity contribution is 5.95. The van der Waals surface area contributed by atoms with Crippen molar-refractivity contribution in [2.24, 2.45) is 0 Å². The van der Waals surface area contributed by atoms with Crippen molar-refractivity contribution in [1.82, 2.24) is 19.9 Å². The van der Waals surface area contributed by atoms with Gasteiger partial charge < -0.3 is 14.4 Å². The fourth-order valence-corrected chi connectivity index (χ4v) is 3.32. The van der Waals surface area contributed by atoms with E-state index < -0.39 is 0 Å². The topological polar surface area (TPSA) is 84.4 Å². The van der Waals surface area contributed by atoms with Gasteiger partial charge in [-0.1, -0.05) is 5.21 Å². The number of amides is 1. The third-order valence-corrected chi connectivity index (χ3v) is 4.66. The lowest BCUT2D eigenvalue weighted by molar-refractivity contribution is 0.0718. The summed E-state index contributed by atoms with van der Waals surface area (Å²) in [6.07, 6.45) is 7.52. The van der Waals surface area contributed by atoms with Crippen LogP contribution in [0.3, 0.4) is 0 Å². The van der Waals surface area contributed by atoms with Gasteiger partial charge >= 0.3 is 0 Å². The first kappa shape index (κ1) is 14.4. The van der Waals surface area contributed by atoms with E-state index in [4.69, 9.17) is 9.52 Å². The minimum absolute atomic E-state index is 0.0608. The van der Waals surface area contributed by atoms with Gasteiger partial charge in [-0.05, 0) is 31.7 Å². The van der Waals surface area contributed by atoms with Crippen LogP contribution in [0.15, 0.2) is 22.9 Å². The van der Waals surface area contributed by atoms with Crippen LogP contribution in [0, 0.1) is 0 Å². The van der Waals surface area contributed by atoms with Gasteiger partial charge in [0.05, 0.1) is 37.2 Å². The number of carbonyl (C=O) groups excluding carboxylic acids is 1. The van der Waals surface area contributed by atoms with E-state index in [1.54, 1.807) is 23.2 Å². The highest BCUT2D eigenvalue weighted by Crippen LogP contribution is 2.42. The van der Waals surface area contributed by atoms with Crippen molar-refractivity contribution < 1.29 is 14.3 Å². The molecule has 7 heteroatoms. The van der Waals surface area contributed by atoms with Crippen molar-refractivity contribution >= 4 is 5.91 Å². The Balaban J connectivity index is 1.50. The molecular weight excluding hydrogens is 296 g/mol. The Morgan fingerprint density at radius 3 is 3.00 bits per heavy atom. The Kier molecular flexibility index (Phi) is 3.65. The van der Waals surface area contributed by atoms with Gasteiger partial charge in [0.25, 0.3) is 5.91 Å². The second-order valence-corrected chi connectivity index (χ2v) is 6.36. The van der Waals surface area contributed by atoms with E-state index in [1.807, 2.05) is 4.90 Å². The number of aliphatic hydroxyl groups is 1. The highest BCUT2D eigenvalue weighted by Gasteiger charge is 2.36. The maximum Gasteiger partial charge on any atom is 0.257 e. The number of carbonyl (C=O) groups is 1. The Bertz CT molecular complexity index is 704. The van der Waals surface area contributed by atoms with Crippen LogP contribution in [0.5, 0.6) is 0 Å². The number of furan rings is 1. The van der Waals surface area contributed by atoms with E-state index in [0.29, 0.717) is 23.7 Å². The minimum atomic E-state index is -0.118. The number of hydrogen-bond acceptors (Lipinski definition) is 5. The van der Waals surface area contributed by atoms with Crippen LogP contribution in [0.25, 0.3) is 0 Å². The zero-order valence-corrected chi connectivity index (χ0v) is 12.9. The molecule has 0 radical (unpaired) electrons. The smallest absolute Gasteiger partial charge is 0.257 e. The maximum absolute atomic E-state index is 12.9. The molecule has 23 heavy (non-hydrogen) atoms. The fraction of sp³-hybridized carbons (Fsp3) is 0.562. The second-order valence-electron chi connectivity index (χ2n) is 6.36. The van der Waals surface area contributed by atoms with E-state index in [-0.39, 0.29) is 18.6 Å². The van der Waals surface area contributed by atoms with Crippen molar-refractivity contribution in [1.29, 1.82) is 0 Å². The molecule has 2 fully saturated rings. The molecule has 2 aliphatic rings. The van der Waals surface area contributed by atoms with Gasteiger partial charge in [0, 0.05) is 12.5 Å². The molecule has 1 atom stereocenters. The van der Waals surface area contributed by atoms with Gasteiger partial charge in [0.2, 0.25) is 0 Å². The number of aromatic nitrogens is 3. The van der Waals surface area contributed by atoms with Gasteiger partial charge in [-0.3, -0.25) is 9.48 Å². The summed E-state index contributed by atoms with van der Waals surface area (Å²) in [6.45, 7) is 1.25. The molecule has 0 aromatic carbocycles. The largest absolute Gasteiger partial charge is 0.468 e. The van der Waals surface area contributed by atoms with Crippen molar-refractivity contribution in [3.05, 3.63) is 35.5 Å². The van der Waals surface area contributed by atoms with Crippen molar-refractivity contribution in [3.63, 3.8) is 0 Å². The summed E-state index contributed by atoms with van der Waals surface area (Å²) >= 11 is 0. The lowest BCUT2D eigenvalue weighted by Gasteiger charge is -2.24. The van der Waals surface area contributed by atoms with Gasteiger partial charge in [0.15, 0.2) is 0 Å². The quantitative estimate of drug-likeness (QED) is 0.904. The summed E-state index contributed by atoms with van der Waals surface area (Å²) in [4.78, 5) is 14.8. The molecular formula is C16H20N4O3. The molecule has 7 nitrogen and oxygen atoms in total. The number of aliphatic hydroxyl groups excluding tert-OH is 1. The summed E-state index contributed by atoms with van der Waals surface area (Å²) in [5.41, 5.74) is 1.26. The highest BCUT2D eigenvalue weighted by atomic mass is 16.3. The van der Waals surface area contributed by atoms with Crippen LogP contribution in [0.1, 0.15) is 53.4 Å². The molecule has 0 spiro atoms. The van der Waals surface area contributed by atoms with E-state index in [9.17, 15) is 4.79 Å². The Hall–Kier alpha value is -2.15. The molecule has 1 saturated carbocycles. The van der Waals surface area contributed by atoms with Crippen LogP contribution >= 0.6 is 0 Å². The summed E-state index contributed by atoms with van der Waals surface area (Å²) in [5.74, 6) is 1.34. The first-order valence-corrected chi connectivity index (χ1v) is 8.14. The predicted molar refractivity (Wildman–Crippen MR) is 80.7 cm³/mol. The van der Waals surface area contributed by atoms with E-state index in [2.05, 4.69) is 10.3 Å². The molecule has 1 aliphatic carbocycles. The average molecular weight is 316 g/mol. The van der Waals surface area contributed by atoms with Gasteiger partial charge in [-0.25, -0.2) is 0 Å². The number of likely N-dealkylation sites (tertiary alicyclic amines) is 1. The number of nitrogens with zero attached hydrogens (tertiary/aromatic N) is 4. The minimum Gasteiger partial charge on any atom is -0.468 e. The molecule has 1 N–H and O–H groups in total. The molecule has 2 aromatic heterocycles. The van der Waals surface area contributed by atoms with Crippen LogP contribution in [0.4, 0.5) is 0 Å². The summed E-state index contributed by atoms with van der Waals surface area (Å²) in [7, 11) is 0. The summed E-state index contributed by atoms with van der Waals surface area (Å²) in [5, 5.41) is 17.0. The van der Waals surface area contributed by atoms with Crippen LogP contribution in [-0.4, -0.2) is 43.5 Å².